The third-order valence-electron chi connectivity index (χ3n) is 3.18. The molecule has 0 spiro atoms. The number of aliphatic hydroxyl groups is 1. The highest BCUT2D eigenvalue weighted by molar-refractivity contribution is 9.10. The topological polar surface area (TPSA) is 57.6 Å². The molecule has 0 aliphatic carbocycles. The fourth-order valence-corrected chi connectivity index (χ4v) is 4.47. The van der Waals surface area contributed by atoms with Crippen LogP contribution in [-0.4, -0.2) is 30.9 Å². The second-order valence-corrected chi connectivity index (χ2v) is 7.32. The average molecular weight is 352 g/mol. The molecule has 0 aromatic heterocycles. The highest BCUT2D eigenvalue weighted by Gasteiger charge is 2.29. The van der Waals surface area contributed by atoms with Gasteiger partial charge in [0.05, 0.1) is 6.61 Å². The van der Waals surface area contributed by atoms with E-state index in [1.54, 1.807) is 0 Å². The lowest BCUT2D eigenvalue weighted by Gasteiger charge is -2.26. The molecule has 1 aliphatic rings. The molecule has 1 heterocycles. The number of hydrogen-bond acceptors (Lipinski definition) is 3. The Kier molecular flexibility index (Phi) is 4.60. The van der Waals surface area contributed by atoms with Crippen LogP contribution in [0.5, 0.6) is 0 Å². The molecular formula is C12H15BrFNO3S. The van der Waals surface area contributed by atoms with Gasteiger partial charge in [-0.15, -0.1) is 0 Å². The highest BCUT2D eigenvalue weighted by atomic mass is 79.9. The van der Waals surface area contributed by atoms with Crippen LogP contribution < -0.4 is 0 Å². The number of benzene rings is 1. The van der Waals surface area contributed by atoms with Gasteiger partial charge in [0.15, 0.2) is 0 Å². The summed E-state index contributed by atoms with van der Waals surface area (Å²) < 4.78 is 40.7. The predicted molar refractivity (Wildman–Crippen MR) is 72.6 cm³/mol. The van der Waals surface area contributed by atoms with Gasteiger partial charge < -0.3 is 5.11 Å². The summed E-state index contributed by atoms with van der Waals surface area (Å²) >= 11 is 3.14. The molecule has 1 fully saturated rings. The number of nitrogens with zero attached hydrogens (tertiary/aromatic N) is 1. The van der Waals surface area contributed by atoms with Gasteiger partial charge in [-0.2, -0.15) is 4.31 Å². The van der Waals surface area contributed by atoms with Gasteiger partial charge >= 0.3 is 0 Å². The first-order valence-electron chi connectivity index (χ1n) is 6.05. The zero-order valence-electron chi connectivity index (χ0n) is 10.3. The van der Waals surface area contributed by atoms with Crippen molar-refractivity contribution in [3.8, 4) is 0 Å². The van der Waals surface area contributed by atoms with Gasteiger partial charge in [-0.1, -0.05) is 22.4 Å². The summed E-state index contributed by atoms with van der Waals surface area (Å²) in [5.41, 5.74) is -0.0232. The summed E-state index contributed by atoms with van der Waals surface area (Å²) in [6.45, 7) is 0.305. The van der Waals surface area contributed by atoms with E-state index in [1.807, 2.05) is 0 Å². The Hall–Kier alpha value is -0.500. The van der Waals surface area contributed by atoms with Crippen LogP contribution in [-0.2, 0) is 16.6 Å². The van der Waals surface area contributed by atoms with Crippen molar-refractivity contribution >= 4 is 26.0 Å². The monoisotopic (exact) mass is 351 g/mol. The molecule has 7 heteroatoms. The second kappa shape index (κ2) is 5.87. The van der Waals surface area contributed by atoms with E-state index in [9.17, 15) is 12.8 Å². The minimum atomic E-state index is -3.83. The van der Waals surface area contributed by atoms with Crippen molar-refractivity contribution in [3.63, 3.8) is 0 Å². The third kappa shape index (κ3) is 2.99. The van der Waals surface area contributed by atoms with Crippen molar-refractivity contribution in [2.45, 2.75) is 30.8 Å². The van der Waals surface area contributed by atoms with Crippen molar-refractivity contribution in [3.05, 3.63) is 28.0 Å². The Balaban J connectivity index is 2.47. The maximum atomic E-state index is 14.1. The van der Waals surface area contributed by atoms with Gasteiger partial charge in [0.25, 0.3) is 0 Å². The lowest BCUT2D eigenvalue weighted by atomic mass is 10.2. The number of aliphatic hydroxyl groups excluding tert-OH is 1. The van der Waals surface area contributed by atoms with Crippen molar-refractivity contribution in [2.75, 3.05) is 13.1 Å². The molecule has 19 heavy (non-hydrogen) atoms. The maximum Gasteiger partial charge on any atom is 0.246 e. The fraction of sp³-hybridized carbons (Fsp3) is 0.500. The lowest BCUT2D eigenvalue weighted by Crippen LogP contribution is -2.36. The predicted octanol–water partition coefficient (Wildman–Crippen LogP) is 2.26. The number of hydrogen-bond donors (Lipinski definition) is 1. The van der Waals surface area contributed by atoms with E-state index in [2.05, 4.69) is 15.9 Å². The minimum Gasteiger partial charge on any atom is -0.392 e. The molecule has 1 saturated heterocycles. The molecule has 0 amide bonds. The first-order valence-corrected chi connectivity index (χ1v) is 8.29. The third-order valence-corrected chi connectivity index (χ3v) is 5.54. The number of sulfonamides is 1. The van der Waals surface area contributed by atoms with Crippen molar-refractivity contribution in [1.82, 2.24) is 4.31 Å². The maximum absolute atomic E-state index is 14.1. The molecule has 0 saturated carbocycles. The summed E-state index contributed by atoms with van der Waals surface area (Å²) in [5.74, 6) is -0.865. The van der Waals surface area contributed by atoms with E-state index in [-0.39, 0.29) is 10.5 Å². The molecular weight excluding hydrogens is 337 g/mol. The van der Waals surface area contributed by atoms with E-state index in [0.29, 0.717) is 17.6 Å². The molecule has 0 radical (unpaired) electrons. The number of rotatable bonds is 3. The molecule has 1 aliphatic heterocycles. The summed E-state index contributed by atoms with van der Waals surface area (Å²) in [5, 5.41) is 9.07. The fourth-order valence-electron chi connectivity index (χ4n) is 2.17. The first-order chi connectivity index (χ1) is 8.96. The molecule has 0 atom stereocenters. The van der Waals surface area contributed by atoms with Crippen LogP contribution in [0.1, 0.15) is 24.8 Å². The molecule has 2 rings (SSSR count). The Bertz CT molecular complexity index is 571. The molecule has 4 nitrogen and oxygen atoms in total. The number of halogens is 2. The van der Waals surface area contributed by atoms with Crippen LogP contribution >= 0.6 is 15.9 Å². The molecule has 1 aromatic rings. The zero-order chi connectivity index (χ0) is 14.0. The van der Waals surface area contributed by atoms with Gasteiger partial charge in [-0.3, -0.25) is 0 Å². The van der Waals surface area contributed by atoms with Crippen molar-refractivity contribution in [1.29, 1.82) is 0 Å². The van der Waals surface area contributed by atoms with Crippen LogP contribution in [0.3, 0.4) is 0 Å². The van der Waals surface area contributed by atoms with Gasteiger partial charge in [0.2, 0.25) is 10.0 Å². The average Bonchev–Trinajstić information content (AvgIpc) is 2.41. The summed E-state index contributed by atoms with van der Waals surface area (Å²) in [7, 11) is -3.83. The lowest BCUT2D eigenvalue weighted by molar-refractivity contribution is 0.274. The van der Waals surface area contributed by atoms with Crippen LogP contribution in [0.15, 0.2) is 21.5 Å². The normalized spacial score (nSPS) is 17.6. The standard InChI is InChI=1S/C12H15BrFNO3S/c13-10-6-9(8-16)12(14)11(7-10)19(17,18)15-4-2-1-3-5-15/h6-7,16H,1-5,8H2. The SMILES string of the molecule is O=S(=O)(c1cc(Br)cc(CO)c1F)N1CCCCC1. The van der Waals surface area contributed by atoms with Gasteiger partial charge in [-0.25, -0.2) is 12.8 Å². The van der Waals surface area contributed by atoms with E-state index in [0.717, 1.165) is 19.3 Å². The zero-order valence-corrected chi connectivity index (χ0v) is 12.7. The summed E-state index contributed by atoms with van der Waals surface area (Å²) in [4.78, 5) is -0.368. The van der Waals surface area contributed by atoms with E-state index >= 15 is 0 Å². The molecule has 0 bridgehead atoms. The van der Waals surface area contributed by atoms with Crippen molar-refractivity contribution in [2.24, 2.45) is 0 Å². The Labute approximate surface area is 120 Å². The van der Waals surface area contributed by atoms with E-state index in [4.69, 9.17) is 5.11 Å². The second-order valence-electron chi connectivity index (χ2n) is 4.50. The van der Waals surface area contributed by atoms with Gasteiger partial charge in [-0.05, 0) is 25.0 Å². The molecule has 1 aromatic carbocycles. The van der Waals surface area contributed by atoms with Gasteiger partial charge in [0, 0.05) is 23.1 Å². The molecule has 1 N–H and O–H groups in total. The Morgan fingerprint density at radius 1 is 1.26 bits per heavy atom. The van der Waals surface area contributed by atoms with Gasteiger partial charge in [0.1, 0.15) is 10.7 Å². The van der Waals surface area contributed by atoms with Crippen LogP contribution in [0.4, 0.5) is 4.39 Å². The van der Waals surface area contributed by atoms with Crippen LogP contribution in [0.2, 0.25) is 0 Å². The minimum absolute atomic E-state index is 0.0232. The molecule has 0 unspecified atom stereocenters. The van der Waals surface area contributed by atoms with Crippen LogP contribution in [0, 0.1) is 5.82 Å². The first kappa shape index (κ1) is 14.9. The molecule has 106 valence electrons. The largest absolute Gasteiger partial charge is 0.392 e. The van der Waals surface area contributed by atoms with E-state index in [1.165, 1.54) is 16.4 Å². The Morgan fingerprint density at radius 3 is 2.47 bits per heavy atom. The highest BCUT2D eigenvalue weighted by Crippen LogP contribution is 2.28. The Morgan fingerprint density at radius 2 is 1.89 bits per heavy atom. The number of piperidine rings is 1. The van der Waals surface area contributed by atoms with Crippen LogP contribution in [0.25, 0.3) is 0 Å². The van der Waals surface area contributed by atoms with Crippen molar-refractivity contribution < 1.29 is 17.9 Å². The quantitative estimate of drug-likeness (QED) is 0.908. The smallest absolute Gasteiger partial charge is 0.246 e. The van der Waals surface area contributed by atoms with E-state index < -0.39 is 22.4 Å². The summed E-state index contributed by atoms with van der Waals surface area (Å²) in [6.07, 6.45) is 2.58. The summed E-state index contributed by atoms with van der Waals surface area (Å²) in [6, 6.07) is 2.63.